The largest absolute Gasteiger partial charge is 2.00 e. The minimum absolute atomic E-state index is 0. The fourth-order valence-corrected chi connectivity index (χ4v) is 0. The van der Waals surface area contributed by atoms with E-state index in [-0.39, 0.29) is 149 Å². The van der Waals surface area contributed by atoms with E-state index in [2.05, 4.69) is 0 Å². The third-order valence-electron chi connectivity index (χ3n) is 0. The predicted octanol–water partition coefficient (Wildman–Crippen LogP) is -5.31. The van der Waals surface area contributed by atoms with E-state index in [1.807, 2.05) is 0 Å². The van der Waals surface area contributed by atoms with E-state index in [9.17, 15) is 0 Å². The smallest absolute Gasteiger partial charge is 1.00 e. The molecule has 0 saturated heterocycles. The molecule has 0 amide bonds. The summed E-state index contributed by atoms with van der Waals surface area (Å²) in [5.41, 5.74) is 0. The van der Waals surface area contributed by atoms with Crippen LogP contribution in [-0.4, -0.2) is 92.8 Å². The molecule has 1 radical (unpaired) electrons. The molecule has 0 spiro atoms. The molecule has 0 rings (SSSR count). The first kappa shape index (κ1) is 44.8. The third-order valence-corrected chi connectivity index (χ3v) is 0. The zero-order chi connectivity index (χ0) is 4.50. The van der Waals surface area contributed by atoms with Crippen LogP contribution in [0.25, 0.3) is 0 Å². The summed E-state index contributed by atoms with van der Waals surface area (Å²) in [7, 11) is -4.64. The normalized spacial score (nSPS) is 5.36. The summed E-state index contributed by atoms with van der Waals surface area (Å²) in [5.74, 6) is 0. The Morgan fingerprint density at radius 1 is 1.18 bits per heavy atom. The average Bonchev–Trinajstić information content (AvgIpc) is 0.722. The number of rotatable bonds is 0. The van der Waals surface area contributed by atoms with Gasteiger partial charge in [0.1, 0.15) is 0 Å². The molecule has 0 aliphatic carbocycles. The van der Waals surface area contributed by atoms with Gasteiger partial charge in [0, 0.05) is 34.1 Å². The summed E-state index contributed by atoms with van der Waals surface area (Å²) in [4.78, 5) is 21.6. The molecule has 0 aliphatic heterocycles. The molecule has 11 heavy (non-hydrogen) atoms. The molecule has 0 heterocycles. The molecule has 0 unspecified atom stereocenters. The van der Waals surface area contributed by atoms with Gasteiger partial charge in [-0.1, -0.05) is 0 Å². The molecule has 0 aromatic heterocycles. The van der Waals surface area contributed by atoms with Gasteiger partial charge in [0.05, 0.1) is 0 Å². The first-order valence-electron chi connectivity index (χ1n) is 0.783. The van der Waals surface area contributed by atoms with Crippen molar-refractivity contribution in [1.29, 1.82) is 0 Å². The first-order valence-corrected chi connectivity index (χ1v) is 2.35. The standard InChI is InChI=1S/Al.Ca.Fe.Mg.Mn.Na.H3O4P.8H/c;;;;;;1-5(2,3)4;;;;;;;;/h;;;;;;(H3,1,2,3,4);;;;;;;;/q;+2;;+2;;+1;;;;;5*-1. The van der Waals surface area contributed by atoms with Crippen LogP contribution in [0, 0.1) is 0 Å². The molecule has 4 nitrogen and oxygen atoms in total. The molecule has 0 bridgehead atoms. The monoisotopic (exact) mass is 331 g/mol. The van der Waals surface area contributed by atoms with E-state index in [0.717, 1.165) is 0 Å². The fourth-order valence-electron chi connectivity index (χ4n) is 0. The zero-order valence-electron chi connectivity index (χ0n) is 10.3. The third kappa shape index (κ3) is 107. The van der Waals surface area contributed by atoms with E-state index in [0.29, 0.717) is 0 Å². The van der Waals surface area contributed by atoms with Crippen LogP contribution in [0.1, 0.15) is 7.13 Å². The molecule has 0 aliphatic rings. The number of hydrogen-bond acceptors (Lipinski definition) is 1. The van der Waals surface area contributed by atoms with Gasteiger partial charge < -0.3 is 21.8 Å². The Morgan fingerprint density at radius 3 is 1.18 bits per heavy atom. The van der Waals surface area contributed by atoms with Crippen LogP contribution in [0.3, 0.4) is 0 Å². The van der Waals surface area contributed by atoms with Crippen LogP contribution in [-0.2, 0) is 38.7 Å². The van der Waals surface area contributed by atoms with Gasteiger partial charge in [0.15, 0.2) is 17.4 Å². The van der Waals surface area contributed by atoms with Crippen molar-refractivity contribution in [2.24, 2.45) is 0 Å². The number of phosphoric acid groups is 1. The van der Waals surface area contributed by atoms with Gasteiger partial charge in [0.25, 0.3) is 0 Å². The summed E-state index contributed by atoms with van der Waals surface area (Å²) in [6.45, 7) is 0. The Hall–Kier alpha value is 4.71. The topological polar surface area (TPSA) is 77.8 Å². The predicted molar refractivity (Wildman–Crippen MR) is 41.3 cm³/mol. The summed E-state index contributed by atoms with van der Waals surface area (Å²) in [5, 5.41) is 0. The van der Waals surface area contributed by atoms with Gasteiger partial charge in [0.2, 0.25) is 0 Å². The molecule has 0 aromatic carbocycles. The Kier molecular flexibility index (Phi) is 98.2. The maximum Gasteiger partial charge on any atom is 2.00 e. The van der Waals surface area contributed by atoms with Crippen molar-refractivity contribution in [2.45, 2.75) is 0 Å². The molecular formula is H11AlCaFeMgMnNaO4P. The van der Waals surface area contributed by atoms with Gasteiger partial charge in [-0.2, -0.15) is 0 Å². The SMILES string of the molecule is O=P(O)(O)O.[AlH3].[Ca+2].[Fe].[H-].[H-].[H-].[H-].[H-].[Mg+2].[Mn].[Na+]. The van der Waals surface area contributed by atoms with E-state index < -0.39 is 7.82 Å². The molecule has 0 fully saturated rings. The van der Waals surface area contributed by atoms with Crippen LogP contribution >= 0.6 is 7.82 Å². The minimum Gasteiger partial charge on any atom is -1.00 e. The molecule has 63 valence electrons. The van der Waals surface area contributed by atoms with E-state index >= 15 is 0 Å². The van der Waals surface area contributed by atoms with Crippen molar-refractivity contribution in [3.8, 4) is 0 Å². The molecule has 0 aromatic rings. The van der Waals surface area contributed by atoms with Crippen LogP contribution in [0.4, 0.5) is 0 Å². The van der Waals surface area contributed by atoms with Gasteiger partial charge in [-0.3, -0.25) is 0 Å². The fraction of sp³-hybridized carbons (Fsp3) is 0. The van der Waals surface area contributed by atoms with Crippen molar-refractivity contribution < 1.29 is 90.1 Å². The minimum atomic E-state index is -4.64. The Balaban J connectivity index is -0.00000000145. The maximum absolute atomic E-state index is 8.88. The summed E-state index contributed by atoms with van der Waals surface area (Å²) < 4.78 is 8.88. The van der Waals surface area contributed by atoms with Crippen LogP contribution in [0.5, 0.6) is 0 Å². The second-order valence-corrected chi connectivity index (χ2v) is 1.54. The average molecular weight is 331 g/mol. The molecule has 0 saturated carbocycles. The van der Waals surface area contributed by atoms with E-state index in [1.54, 1.807) is 0 Å². The Labute approximate surface area is 173 Å². The van der Waals surface area contributed by atoms with Crippen molar-refractivity contribution in [1.82, 2.24) is 0 Å². The maximum atomic E-state index is 8.88. The van der Waals surface area contributed by atoms with Gasteiger partial charge >= 0.3 is 98.2 Å². The summed E-state index contributed by atoms with van der Waals surface area (Å²) in [6, 6.07) is 0. The Morgan fingerprint density at radius 2 is 1.18 bits per heavy atom. The second kappa shape index (κ2) is 24.1. The van der Waals surface area contributed by atoms with Crippen molar-refractivity contribution in [2.75, 3.05) is 0 Å². The molecular weight excluding hydrogens is 320 g/mol. The van der Waals surface area contributed by atoms with Crippen molar-refractivity contribution >= 4 is 86.0 Å². The molecule has 3 N–H and O–H groups in total. The molecule has 11 heteroatoms. The quantitative estimate of drug-likeness (QED) is 0.306. The van der Waals surface area contributed by atoms with Gasteiger partial charge in [-0.05, 0) is 0 Å². The molecule has 0 atom stereocenters. The zero-order valence-corrected chi connectivity index (χ0v) is 14.1. The van der Waals surface area contributed by atoms with E-state index in [1.165, 1.54) is 0 Å². The van der Waals surface area contributed by atoms with Crippen LogP contribution in [0.2, 0.25) is 0 Å². The Bertz CT molecular complexity index is 90.6. The first-order chi connectivity index (χ1) is 2.00. The van der Waals surface area contributed by atoms with Gasteiger partial charge in [-0.15, -0.1) is 0 Å². The van der Waals surface area contributed by atoms with E-state index in [4.69, 9.17) is 19.2 Å². The van der Waals surface area contributed by atoms with Crippen LogP contribution in [0.15, 0.2) is 0 Å². The second-order valence-electron chi connectivity index (χ2n) is 0.513. The summed E-state index contributed by atoms with van der Waals surface area (Å²) in [6.07, 6.45) is 0. The van der Waals surface area contributed by atoms with Crippen molar-refractivity contribution in [3.05, 3.63) is 0 Å². The number of hydrogen-bond donors (Lipinski definition) is 3. The van der Waals surface area contributed by atoms with Gasteiger partial charge in [-0.25, -0.2) is 4.57 Å². The van der Waals surface area contributed by atoms with Crippen molar-refractivity contribution in [3.63, 3.8) is 0 Å². The summed E-state index contributed by atoms with van der Waals surface area (Å²) >= 11 is 0. The van der Waals surface area contributed by atoms with Crippen LogP contribution < -0.4 is 29.6 Å².